The van der Waals surface area contributed by atoms with E-state index >= 15 is 0 Å². The molecule has 1 N–H and O–H groups in total. The average molecular weight is 311 g/mol. The number of aliphatic hydroxyl groups is 1. The number of aromatic nitrogens is 2. The lowest BCUT2D eigenvalue weighted by Gasteiger charge is -2.15. The first kappa shape index (κ1) is 15.7. The summed E-state index contributed by atoms with van der Waals surface area (Å²) >= 11 is 6.20. The number of halogens is 1. The summed E-state index contributed by atoms with van der Waals surface area (Å²) < 4.78 is 13.1. The van der Waals surface area contributed by atoms with Crippen LogP contribution in [0.3, 0.4) is 0 Å². The first-order valence-electron chi connectivity index (χ1n) is 6.67. The van der Waals surface area contributed by atoms with Gasteiger partial charge in [-0.25, -0.2) is 4.98 Å². The average Bonchev–Trinajstić information content (AvgIpc) is 2.93. The molecule has 1 aromatic heterocycles. The molecular formula is C15H19ClN2O3. The van der Waals surface area contributed by atoms with Gasteiger partial charge in [0.05, 0.1) is 37.0 Å². The summed E-state index contributed by atoms with van der Waals surface area (Å²) in [6.07, 6.45) is 3.54. The molecule has 0 radical (unpaired) electrons. The fourth-order valence-corrected chi connectivity index (χ4v) is 2.35. The van der Waals surface area contributed by atoms with Gasteiger partial charge in [0.2, 0.25) is 0 Å². The Morgan fingerprint density at radius 2 is 2.14 bits per heavy atom. The Hall–Kier alpha value is -1.72. The van der Waals surface area contributed by atoms with Crippen molar-refractivity contribution in [3.8, 4) is 11.5 Å². The van der Waals surface area contributed by atoms with Crippen molar-refractivity contribution in [2.45, 2.75) is 33.1 Å². The van der Waals surface area contributed by atoms with Crippen LogP contribution in [0.1, 0.15) is 31.1 Å². The van der Waals surface area contributed by atoms with Crippen LogP contribution in [0.25, 0.3) is 0 Å². The fourth-order valence-electron chi connectivity index (χ4n) is 2.06. The maximum absolute atomic E-state index is 9.18. The largest absolute Gasteiger partial charge is 0.493 e. The van der Waals surface area contributed by atoms with Gasteiger partial charge in [0.1, 0.15) is 6.61 Å². The van der Waals surface area contributed by atoms with E-state index in [2.05, 4.69) is 18.8 Å². The van der Waals surface area contributed by atoms with Crippen molar-refractivity contribution < 1.29 is 14.6 Å². The highest BCUT2D eigenvalue weighted by Gasteiger charge is 2.13. The third-order valence-corrected chi connectivity index (χ3v) is 3.42. The Labute approximate surface area is 129 Å². The van der Waals surface area contributed by atoms with Gasteiger partial charge >= 0.3 is 0 Å². The Bertz CT molecular complexity index is 611. The van der Waals surface area contributed by atoms with Gasteiger partial charge in [-0.1, -0.05) is 11.6 Å². The highest BCUT2D eigenvalue weighted by molar-refractivity contribution is 6.32. The minimum atomic E-state index is -0.101. The number of ether oxygens (including phenoxy) is 2. The third kappa shape index (κ3) is 3.49. The van der Waals surface area contributed by atoms with Crippen molar-refractivity contribution in [1.82, 2.24) is 9.55 Å². The van der Waals surface area contributed by atoms with E-state index in [9.17, 15) is 5.11 Å². The number of nitrogens with zero attached hydrogens (tertiary/aromatic N) is 2. The minimum Gasteiger partial charge on any atom is -0.493 e. The van der Waals surface area contributed by atoms with Gasteiger partial charge in [-0.15, -0.1) is 0 Å². The maximum Gasteiger partial charge on any atom is 0.180 e. The molecule has 2 aromatic rings. The predicted molar refractivity (Wildman–Crippen MR) is 80.9 cm³/mol. The normalized spacial score (nSPS) is 11.0. The lowest BCUT2D eigenvalue weighted by molar-refractivity contribution is 0.268. The predicted octanol–water partition coefficient (Wildman–Crippen LogP) is 3.20. The van der Waals surface area contributed by atoms with Crippen molar-refractivity contribution >= 4 is 11.6 Å². The van der Waals surface area contributed by atoms with E-state index in [1.807, 2.05) is 4.57 Å². The molecule has 0 saturated carbocycles. The molecular weight excluding hydrogens is 292 g/mol. The standard InChI is InChI=1S/C15H19ClN2O3/c1-10(2)18-9-17-6-12(18)8-21-15-13(16)4-11(7-19)5-14(15)20-3/h4-6,9-10,19H,7-8H2,1-3H3. The van der Waals surface area contributed by atoms with E-state index in [0.717, 1.165) is 5.69 Å². The number of benzene rings is 1. The molecule has 0 saturated heterocycles. The molecule has 114 valence electrons. The first-order valence-corrected chi connectivity index (χ1v) is 7.05. The van der Waals surface area contributed by atoms with Gasteiger partial charge in [0, 0.05) is 6.04 Å². The second kappa shape index (κ2) is 6.83. The van der Waals surface area contributed by atoms with E-state index < -0.39 is 0 Å². The summed E-state index contributed by atoms with van der Waals surface area (Å²) in [6.45, 7) is 4.40. The Morgan fingerprint density at radius 1 is 1.38 bits per heavy atom. The lowest BCUT2D eigenvalue weighted by atomic mass is 10.2. The topological polar surface area (TPSA) is 56.5 Å². The zero-order valence-electron chi connectivity index (χ0n) is 12.3. The van der Waals surface area contributed by atoms with Gasteiger partial charge < -0.3 is 19.1 Å². The van der Waals surface area contributed by atoms with Crippen LogP contribution in [0.2, 0.25) is 5.02 Å². The van der Waals surface area contributed by atoms with Crippen molar-refractivity contribution in [3.05, 3.63) is 40.9 Å². The number of hydrogen-bond donors (Lipinski definition) is 1. The van der Waals surface area contributed by atoms with Crippen LogP contribution in [-0.4, -0.2) is 21.8 Å². The molecule has 0 aliphatic carbocycles. The second-order valence-corrected chi connectivity index (χ2v) is 5.35. The van der Waals surface area contributed by atoms with Crippen LogP contribution >= 0.6 is 11.6 Å². The van der Waals surface area contributed by atoms with E-state index in [4.69, 9.17) is 21.1 Å². The van der Waals surface area contributed by atoms with Crippen LogP contribution in [0.15, 0.2) is 24.7 Å². The summed E-state index contributed by atoms with van der Waals surface area (Å²) in [7, 11) is 1.54. The van der Waals surface area contributed by atoms with E-state index in [1.54, 1.807) is 24.7 Å². The molecule has 0 aliphatic heterocycles. The fraction of sp³-hybridized carbons (Fsp3) is 0.400. The SMILES string of the molecule is COc1cc(CO)cc(Cl)c1OCc1cncn1C(C)C. The van der Waals surface area contributed by atoms with Crippen LogP contribution in [-0.2, 0) is 13.2 Å². The highest BCUT2D eigenvalue weighted by atomic mass is 35.5. The summed E-state index contributed by atoms with van der Waals surface area (Å²) in [6, 6.07) is 3.68. The minimum absolute atomic E-state index is 0.101. The third-order valence-electron chi connectivity index (χ3n) is 3.14. The van der Waals surface area contributed by atoms with E-state index in [0.29, 0.717) is 34.7 Å². The van der Waals surface area contributed by atoms with E-state index in [-0.39, 0.29) is 6.61 Å². The van der Waals surface area contributed by atoms with Crippen LogP contribution in [0.4, 0.5) is 0 Å². The zero-order chi connectivity index (χ0) is 15.4. The van der Waals surface area contributed by atoms with Gasteiger partial charge in [0.25, 0.3) is 0 Å². The van der Waals surface area contributed by atoms with Crippen LogP contribution in [0.5, 0.6) is 11.5 Å². The summed E-state index contributed by atoms with van der Waals surface area (Å²) in [4.78, 5) is 4.13. The summed E-state index contributed by atoms with van der Waals surface area (Å²) in [5.41, 5.74) is 1.63. The maximum atomic E-state index is 9.18. The Balaban J connectivity index is 2.21. The molecule has 1 heterocycles. The quantitative estimate of drug-likeness (QED) is 0.890. The van der Waals surface area contributed by atoms with Crippen molar-refractivity contribution in [2.24, 2.45) is 0 Å². The van der Waals surface area contributed by atoms with Crippen LogP contribution in [0, 0.1) is 0 Å². The molecule has 0 spiro atoms. The highest BCUT2D eigenvalue weighted by Crippen LogP contribution is 2.37. The Kier molecular flexibility index (Phi) is 5.09. The molecule has 0 atom stereocenters. The summed E-state index contributed by atoms with van der Waals surface area (Å²) in [5, 5.41) is 9.59. The molecule has 0 fully saturated rings. The zero-order valence-corrected chi connectivity index (χ0v) is 13.1. The van der Waals surface area contributed by atoms with Gasteiger partial charge in [-0.3, -0.25) is 0 Å². The summed E-state index contributed by atoms with van der Waals surface area (Å²) in [5.74, 6) is 0.968. The smallest absolute Gasteiger partial charge is 0.180 e. The first-order chi connectivity index (χ1) is 10.1. The molecule has 0 amide bonds. The number of aliphatic hydroxyl groups excluding tert-OH is 1. The number of methoxy groups -OCH3 is 1. The molecule has 0 bridgehead atoms. The van der Waals surface area contributed by atoms with Crippen molar-refractivity contribution in [2.75, 3.05) is 7.11 Å². The molecule has 6 heteroatoms. The van der Waals surface area contributed by atoms with Crippen molar-refractivity contribution in [3.63, 3.8) is 0 Å². The van der Waals surface area contributed by atoms with E-state index in [1.165, 1.54) is 7.11 Å². The number of imidazole rings is 1. The number of hydrogen-bond acceptors (Lipinski definition) is 4. The molecule has 0 unspecified atom stereocenters. The second-order valence-electron chi connectivity index (χ2n) is 4.94. The molecule has 2 rings (SSSR count). The number of rotatable bonds is 6. The van der Waals surface area contributed by atoms with Gasteiger partial charge in [-0.2, -0.15) is 0 Å². The van der Waals surface area contributed by atoms with Gasteiger partial charge in [0.15, 0.2) is 11.5 Å². The van der Waals surface area contributed by atoms with Crippen molar-refractivity contribution in [1.29, 1.82) is 0 Å². The molecule has 5 nitrogen and oxygen atoms in total. The Morgan fingerprint density at radius 3 is 2.76 bits per heavy atom. The van der Waals surface area contributed by atoms with Gasteiger partial charge in [-0.05, 0) is 31.5 Å². The molecule has 0 aliphatic rings. The molecule has 1 aromatic carbocycles. The molecule has 21 heavy (non-hydrogen) atoms. The van der Waals surface area contributed by atoms with Crippen LogP contribution < -0.4 is 9.47 Å². The monoisotopic (exact) mass is 310 g/mol. The lowest BCUT2D eigenvalue weighted by Crippen LogP contribution is -2.08.